The molecule has 0 fully saturated rings. The Kier molecular flexibility index (Phi) is 4.44. The van der Waals surface area contributed by atoms with Crippen LogP contribution in [-0.4, -0.2) is 10.8 Å². The van der Waals surface area contributed by atoms with Gasteiger partial charge in [-0.1, -0.05) is 6.58 Å². The molecule has 6 heteroatoms. The number of halogens is 3. The van der Waals surface area contributed by atoms with Gasteiger partial charge >= 0.3 is 0 Å². The second-order valence-electron chi connectivity index (χ2n) is 3.19. The van der Waals surface area contributed by atoms with Crippen molar-refractivity contribution >= 4 is 20.7 Å². The van der Waals surface area contributed by atoms with Crippen LogP contribution in [0.4, 0.5) is 8.78 Å². The van der Waals surface area contributed by atoms with Gasteiger partial charge in [0.25, 0.3) is 0 Å². The summed E-state index contributed by atoms with van der Waals surface area (Å²) in [6.45, 7) is 5.21. The zero-order valence-corrected chi connectivity index (χ0v) is 10.00. The van der Waals surface area contributed by atoms with Gasteiger partial charge < -0.3 is 4.74 Å². The largest absolute Gasteiger partial charge is 0.483 e. The Balaban J connectivity index is 3.03. The number of rotatable bonds is 4. The van der Waals surface area contributed by atoms with E-state index in [2.05, 4.69) is 6.58 Å². The van der Waals surface area contributed by atoms with Crippen LogP contribution in [0.3, 0.4) is 0 Å². The maximum atomic E-state index is 13.3. The van der Waals surface area contributed by atoms with Gasteiger partial charge in [-0.2, -0.15) is 0 Å². The molecule has 0 bridgehead atoms. The molecular weight excluding hydrogens is 258 g/mol. The van der Waals surface area contributed by atoms with E-state index in [9.17, 15) is 13.0 Å². The van der Waals surface area contributed by atoms with Crippen LogP contribution in [-0.2, 0) is 10.0 Å². The SMILES string of the molecule is C=C(C)COc1c(F)cc(S(=O)Cl)cc1F. The monoisotopic (exact) mass is 266 g/mol. The third-order valence-corrected chi connectivity index (χ3v) is 2.76. The molecule has 0 saturated heterocycles. The van der Waals surface area contributed by atoms with Crippen LogP contribution >= 0.6 is 10.7 Å². The van der Waals surface area contributed by atoms with Crippen LogP contribution in [0.2, 0.25) is 0 Å². The van der Waals surface area contributed by atoms with Gasteiger partial charge in [0.05, 0.1) is 4.90 Å². The van der Waals surface area contributed by atoms with E-state index in [1.807, 2.05) is 0 Å². The summed E-state index contributed by atoms with van der Waals surface area (Å²) in [5.74, 6) is -2.40. The third kappa shape index (κ3) is 3.28. The van der Waals surface area contributed by atoms with Gasteiger partial charge in [0, 0.05) is 0 Å². The number of ether oxygens (including phenoxy) is 1. The number of benzene rings is 1. The molecule has 0 amide bonds. The predicted molar refractivity (Wildman–Crippen MR) is 58.9 cm³/mol. The minimum absolute atomic E-state index is 0.0111. The van der Waals surface area contributed by atoms with Gasteiger partial charge in [-0.15, -0.1) is 0 Å². The summed E-state index contributed by atoms with van der Waals surface area (Å²) in [4.78, 5) is -0.139. The highest BCUT2D eigenvalue weighted by atomic mass is 35.7. The number of hydrogen-bond acceptors (Lipinski definition) is 2. The first-order valence-electron chi connectivity index (χ1n) is 4.26. The van der Waals surface area contributed by atoms with Crippen LogP contribution in [0, 0.1) is 11.6 Å². The molecule has 0 radical (unpaired) electrons. The summed E-state index contributed by atoms with van der Waals surface area (Å²) in [5, 5.41) is 0. The molecule has 0 N–H and O–H groups in total. The van der Waals surface area contributed by atoms with E-state index >= 15 is 0 Å². The van der Waals surface area contributed by atoms with Gasteiger partial charge in [-0.3, -0.25) is 0 Å². The zero-order valence-electron chi connectivity index (χ0n) is 8.43. The normalized spacial score (nSPS) is 12.2. The Bertz CT molecular complexity index is 425. The maximum Gasteiger partial charge on any atom is 0.191 e. The molecule has 1 rings (SSSR count). The van der Waals surface area contributed by atoms with Gasteiger partial charge in [-0.25, -0.2) is 13.0 Å². The molecule has 0 heterocycles. The maximum absolute atomic E-state index is 13.3. The average molecular weight is 267 g/mol. The molecule has 1 aromatic carbocycles. The Morgan fingerprint density at radius 1 is 1.50 bits per heavy atom. The second-order valence-corrected chi connectivity index (χ2v) is 4.94. The molecule has 0 aliphatic carbocycles. The fraction of sp³-hybridized carbons (Fsp3) is 0.200. The third-order valence-electron chi connectivity index (χ3n) is 1.62. The van der Waals surface area contributed by atoms with Crippen molar-refractivity contribution in [2.45, 2.75) is 11.8 Å². The molecule has 0 saturated carbocycles. The lowest BCUT2D eigenvalue weighted by atomic mass is 10.3. The molecule has 0 aliphatic rings. The minimum atomic E-state index is -1.95. The molecule has 0 aromatic heterocycles. The first-order chi connectivity index (χ1) is 7.41. The molecule has 88 valence electrons. The minimum Gasteiger partial charge on any atom is -0.483 e. The van der Waals surface area contributed by atoms with Crippen LogP contribution in [0.5, 0.6) is 5.75 Å². The van der Waals surface area contributed by atoms with Crippen LogP contribution in [0.1, 0.15) is 6.92 Å². The smallest absolute Gasteiger partial charge is 0.191 e. The van der Waals surface area contributed by atoms with Crippen molar-refractivity contribution in [2.75, 3.05) is 6.61 Å². The Hall–Kier alpha value is -0.940. The van der Waals surface area contributed by atoms with Crippen molar-refractivity contribution in [3.05, 3.63) is 35.9 Å². The van der Waals surface area contributed by atoms with Crippen LogP contribution in [0.15, 0.2) is 29.2 Å². The summed E-state index contributed by atoms with van der Waals surface area (Å²) in [6, 6.07) is 1.75. The van der Waals surface area contributed by atoms with Gasteiger partial charge in [0.15, 0.2) is 17.4 Å². The summed E-state index contributed by atoms with van der Waals surface area (Å²) >= 11 is 0. The Morgan fingerprint density at radius 3 is 2.38 bits per heavy atom. The first-order valence-corrected chi connectivity index (χ1v) is 6.23. The zero-order chi connectivity index (χ0) is 12.3. The quantitative estimate of drug-likeness (QED) is 0.618. The molecule has 1 unspecified atom stereocenters. The summed E-state index contributed by atoms with van der Waals surface area (Å²) < 4.78 is 42.4. The molecule has 1 atom stereocenters. The highest BCUT2D eigenvalue weighted by Gasteiger charge is 2.14. The summed E-state index contributed by atoms with van der Waals surface area (Å²) in [7, 11) is 3.26. The topological polar surface area (TPSA) is 26.3 Å². The summed E-state index contributed by atoms with van der Waals surface area (Å²) in [5.41, 5.74) is 0.629. The van der Waals surface area contributed by atoms with Crippen molar-refractivity contribution in [1.82, 2.24) is 0 Å². The Labute approximate surface area is 98.8 Å². The lowest BCUT2D eigenvalue weighted by molar-refractivity contribution is 0.312. The fourth-order valence-electron chi connectivity index (χ4n) is 0.963. The van der Waals surface area contributed by atoms with E-state index in [-0.39, 0.29) is 11.5 Å². The van der Waals surface area contributed by atoms with E-state index < -0.39 is 27.4 Å². The van der Waals surface area contributed by atoms with Gasteiger partial charge in [0.1, 0.15) is 16.6 Å². The number of hydrogen-bond donors (Lipinski definition) is 0. The van der Waals surface area contributed by atoms with E-state index in [1.54, 1.807) is 6.92 Å². The molecule has 1 aromatic rings. The van der Waals surface area contributed by atoms with E-state index in [0.29, 0.717) is 5.57 Å². The lowest BCUT2D eigenvalue weighted by Gasteiger charge is -2.08. The fourth-order valence-corrected chi connectivity index (χ4v) is 1.62. The molecule has 16 heavy (non-hydrogen) atoms. The highest BCUT2D eigenvalue weighted by Crippen LogP contribution is 2.25. The van der Waals surface area contributed by atoms with Crippen molar-refractivity contribution in [1.29, 1.82) is 0 Å². The standard InChI is InChI=1S/C10H9ClF2O2S/c1-6(2)5-15-10-8(12)3-7(16(11)14)4-9(10)13/h3-4H,1,5H2,2H3. The molecule has 0 aliphatic heterocycles. The first kappa shape index (κ1) is 13.1. The van der Waals surface area contributed by atoms with Gasteiger partial charge in [-0.05, 0) is 35.3 Å². The summed E-state index contributed by atoms with van der Waals surface area (Å²) in [6.07, 6.45) is 0. The Morgan fingerprint density at radius 2 is 2.00 bits per heavy atom. The van der Waals surface area contributed by atoms with Crippen molar-refractivity contribution in [3.63, 3.8) is 0 Å². The highest BCUT2D eigenvalue weighted by molar-refractivity contribution is 8.08. The van der Waals surface area contributed by atoms with Gasteiger partial charge in [0.2, 0.25) is 0 Å². The van der Waals surface area contributed by atoms with Crippen molar-refractivity contribution in [3.8, 4) is 5.75 Å². The van der Waals surface area contributed by atoms with Crippen molar-refractivity contribution in [2.24, 2.45) is 0 Å². The van der Waals surface area contributed by atoms with E-state index in [1.165, 1.54) is 0 Å². The lowest BCUT2D eigenvalue weighted by Crippen LogP contribution is -2.02. The van der Waals surface area contributed by atoms with E-state index in [4.69, 9.17) is 15.4 Å². The second kappa shape index (κ2) is 5.41. The van der Waals surface area contributed by atoms with Crippen LogP contribution < -0.4 is 4.74 Å². The van der Waals surface area contributed by atoms with Crippen molar-refractivity contribution < 1.29 is 17.7 Å². The molecule has 0 spiro atoms. The predicted octanol–water partition coefficient (Wildman–Crippen LogP) is 3.18. The van der Waals surface area contributed by atoms with E-state index in [0.717, 1.165) is 12.1 Å². The average Bonchev–Trinajstić information content (AvgIpc) is 2.15. The molecular formula is C10H9ClF2O2S. The molecule has 2 nitrogen and oxygen atoms in total. The van der Waals surface area contributed by atoms with Crippen LogP contribution in [0.25, 0.3) is 0 Å².